The lowest BCUT2D eigenvalue weighted by Gasteiger charge is -2.21. The monoisotopic (exact) mass is 334 g/mol. The van der Waals surface area contributed by atoms with Crippen molar-refractivity contribution in [3.8, 4) is 5.75 Å². The molecule has 128 valence electrons. The van der Waals surface area contributed by atoms with Crippen LogP contribution >= 0.6 is 0 Å². The van der Waals surface area contributed by atoms with Crippen molar-refractivity contribution in [2.24, 2.45) is 7.05 Å². The fourth-order valence-corrected chi connectivity index (χ4v) is 3.72. The van der Waals surface area contributed by atoms with Gasteiger partial charge in [0.2, 0.25) is 5.91 Å². The average molecular weight is 334 g/mol. The number of aryl methyl sites for hydroxylation is 1. The van der Waals surface area contributed by atoms with Crippen molar-refractivity contribution < 1.29 is 9.53 Å². The van der Waals surface area contributed by atoms with E-state index in [1.807, 2.05) is 29.2 Å². The topological polar surface area (TPSA) is 34.5 Å². The van der Waals surface area contributed by atoms with Gasteiger partial charge in [-0.25, -0.2) is 0 Å². The molecule has 2 heterocycles. The van der Waals surface area contributed by atoms with Gasteiger partial charge in [-0.05, 0) is 41.3 Å². The molecule has 25 heavy (non-hydrogen) atoms. The zero-order valence-electron chi connectivity index (χ0n) is 14.7. The first-order valence-electron chi connectivity index (χ1n) is 8.62. The highest BCUT2D eigenvalue weighted by Crippen LogP contribution is 2.29. The number of carbonyl (C=O) groups excluding carboxylic acids is 1. The number of rotatable bonds is 3. The van der Waals surface area contributed by atoms with Gasteiger partial charge in [-0.2, -0.15) is 0 Å². The second kappa shape index (κ2) is 6.28. The molecule has 0 saturated heterocycles. The van der Waals surface area contributed by atoms with E-state index in [1.165, 1.54) is 22.0 Å². The minimum Gasteiger partial charge on any atom is -0.497 e. The molecule has 0 saturated carbocycles. The molecule has 1 amide bonds. The quantitative estimate of drug-likeness (QED) is 0.736. The fourth-order valence-electron chi connectivity index (χ4n) is 3.72. The Labute approximate surface area is 147 Å². The summed E-state index contributed by atoms with van der Waals surface area (Å²) >= 11 is 0. The zero-order valence-corrected chi connectivity index (χ0v) is 14.7. The highest BCUT2D eigenvalue weighted by Gasteiger charge is 2.21. The van der Waals surface area contributed by atoms with Crippen LogP contribution < -0.4 is 4.74 Å². The first-order valence-corrected chi connectivity index (χ1v) is 8.62. The Morgan fingerprint density at radius 3 is 2.68 bits per heavy atom. The van der Waals surface area contributed by atoms with Gasteiger partial charge in [-0.3, -0.25) is 4.79 Å². The molecule has 0 bridgehead atoms. The Hall–Kier alpha value is -2.75. The van der Waals surface area contributed by atoms with Crippen LogP contribution in [0.25, 0.3) is 10.9 Å². The van der Waals surface area contributed by atoms with Gasteiger partial charge in [0, 0.05) is 37.2 Å². The third kappa shape index (κ3) is 2.88. The largest absolute Gasteiger partial charge is 0.497 e. The van der Waals surface area contributed by atoms with E-state index >= 15 is 0 Å². The third-order valence-electron chi connectivity index (χ3n) is 5.06. The van der Waals surface area contributed by atoms with Crippen molar-refractivity contribution in [3.05, 3.63) is 65.4 Å². The van der Waals surface area contributed by atoms with Crippen LogP contribution in [0.3, 0.4) is 0 Å². The Kier molecular flexibility index (Phi) is 3.96. The number of methoxy groups -OCH3 is 1. The summed E-state index contributed by atoms with van der Waals surface area (Å²) in [6.45, 7) is 1.45. The van der Waals surface area contributed by atoms with Gasteiger partial charge in [0.05, 0.1) is 13.5 Å². The maximum atomic E-state index is 12.8. The van der Waals surface area contributed by atoms with E-state index in [0.29, 0.717) is 13.0 Å². The number of nitrogens with zero attached hydrogens (tertiary/aromatic N) is 2. The Balaban J connectivity index is 1.56. The molecule has 1 aliphatic rings. The smallest absolute Gasteiger partial charge is 0.227 e. The number of carbonyl (C=O) groups is 1. The van der Waals surface area contributed by atoms with Crippen molar-refractivity contribution in [1.82, 2.24) is 9.47 Å². The van der Waals surface area contributed by atoms with E-state index in [4.69, 9.17) is 4.74 Å². The molecular weight excluding hydrogens is 312 g/mol. The first kappa shape index (κ1) is 15.8. The molecule has 0 fully saturated rings. The summed E-state index contributed by atoms with van der Waals surface area (Å²) < 4.78 is 7.36. The normalized spacial score (nSPS) is 13.8. The molecular formula is C21H22N2O2. The number of hydrogen-bond donors (Lipinski definition) is 0. The van der Waals surface area contributed by atoms with Crippen molar-refractivity contribution in [2.75, 3.05) is 13.7 Å². The van der Waals surface area contributed by atoms with E-state index in [9.17, 15) is 4.79 Å². The summed E-state index contributed by atoms with van der Waals surface area (Å²) in [5.41, 5.74) is 4.85. The average Bonchev–Trinajstić information content (AvgIpc) is 2.84. The van der Waals surface area contributed by atoms with Gasteiger partial charge >= 0.3 is 0 Å². The molecule has 4 heteroatoms. The molecule has 0 radical (unpaired) electrons. The minimum absolute atomic E-state index is 0.177. The van der Waals surface area contributed by atoms with E-state index in [1.54, 1.807) is 7.11 Å². The minimum atomic E-state index is 0.177. The van der Waals surface area contributed by atoms with Crippen LogP contribution in [-0.4, -0.2) is 29.0 Å². The second-order valence-electron chi connectivity index (χ2n) is 6.67. The molecule has 0 atom stereocenters. The van der Waals surface area contributed by atoms with E-state index in [-0.39, 0.29) is 5.91 Å². The second-order valence-corrected chi connectivity index (χ2v) is 6.67. The predicted molar refractivity (Wildman–Crippen MR) is 98.7 cm³/mol. The van der Waals surface area contributed by atoms with Crippen LogP contribution in [0.2, 0.25) is 0 Å². The summed E-state index contributed by atoms with van der Waals surface area (Å²) in [6.07, 6.45) is 3.53. The lowest BCUT2D eigenvalue weighted by atomic mass is 10.1. The van der Waals surface area contributed by atoms with Gasteiger partial charge in [-0.15, -0.1) is 0 Å². The van der Waals surface area contributed by atoms with Gasteiger partial charge in [0.15, 0.2) is 0 Å². The number of aromatic nitrogens is 1. The summed E-state index contributed by atoms with van der Waals surface area (Å²) in [7, 11) is 3.74. The zero-order chi connectivity index (χ0) is 17.4. The standard InChI is InChI=1S/C21H22N2O2/c1-22-13-17-10-11-23(14-16-4-3-5-19(22)21(16)17)20(24)12-15-6-8-18(25-2)9-7-15/h3-9,13H,10-12,14H2,1-2H3. The van der Waals surface area contributed by atoms with E-state index in [2.05, 4.69) is 36.0 Å². The number of benzene rings is 2. The summed E-state index contributed by atoms with van der Waals surface area (Å²) in [5, 5.41) is 1.32. The number of ether oxygens (including phenoxy) is 1. The number of amides is 1. The van der Waals surface area contributed by atoms with Crippen LogP contribution in [-0.2, 0) is 31.2 Å². The van der Waals surface area contributed by atoms with Crippen molar-refractivity contribution in [3.63, 3.8) is 0 Å². The van der Waals surface area contributed by atoms with Crippen molar-refractivity contribution in [1.29, 1.82) is 0 Å². The van der Waals surface area contributed by atoms with Gasteiger partial charge in [0.1, 0.15) is 5.75 Å². The molecule has 2 aromatic carbocycles. The Morgan fingerprint density at radius 2 is 1.92 bits per heavy atom. The molecule has 0 N–H and O–H groups in total. The molecule has 1 aromatic heterocycles. The highest BCUT2D eigenvalue weighted by atomic mass is 16.5. The van der Waals surface area contributed by atoms with Crippen molar-refractivity contribution >= 4 is 16.8 Å². The van der Waals surface area contributed by atoms with Gasteiger partial charge < -0.3 is 14.2 Å². The maximum Gasteiger partial charge on any atom is 0.227 e. The van der Waals surface area contributed by atoms with Crippen LogP contribution in [0.1, 0.15) is 16.7 Å². The lowest BCUT2D eigenvalue weighted by Crippen LogP contribution is -2.32. The highest BCUT2D eigenvalue weighted by molar-refractivity contribution is 5.88. The molecule has 4 rings (SSSR count). The van der Waals surface area contributed by atoms with Crippen LogP contribution in [0.4, 0.5) is 0 Å². The third-order valence-corrected chi connectivity index (χ3v) is 5.06. The number of hydrogen-bond acceptors (Lipinski definition) is 2. The fraction of sp³-hybridized carbons (Fsp3) is 0.286. The summed E-state index contributed by atoms with van der Waals surface area (Å²) in [6, 6.07) is 14.1. The summed E-state index contributed by atoms with van der Waals surface area (Å²) in [4.78, 5) is 14.8. The van der Waals surface area contributed by atoms with Crippen LogP contribution in [0, 0.1) is 0 Å². The SMILES string of the molecule is COc1ccc(CC(=O)N2CCc3cn(C)c4cccc(c34)C2)cc1. The molecule has 1 aliphatic heterocycles. The Morgan fingerprint density at radius 1 is 1.12 bits per heavy atom. The Bertz CT molecular complexity index is 925. The molecule has 4 nitrogen and oxygen atoms in total. The molecule has 0 unspecified atom stereocenters. The lowest BCUT2D eigenvalue weighted by molar-refractivity contribution is -0.131. The van der Waals surface area contributed by atoms with Gasteiger partial charge in [-0.1, -0.05) is 24.3 Å². The van der Waals surface area contributed by atoms with E-state index in [0.717, 1.165) is 24.3 Å². The van der Waals surface area contributed by atoms with Gasteiger partial charge in [0.25, 0.3) is 0 Å². The summed E-state index contributed by atoms with van der Waals surface area (Å²) in [5.74, 6) is 0.991. The molecule has 0 aliphatic carbocycles. The van der Waals surface area contributed by atoms with E-state index < -0.39 is 0 Å². The predicted octanol–water partition coefficient (Wildman–Crippen LogP) is 3.31. The van der Waals surface area contributed by atoms with Crippen LogP contribution in [0.15, 0.2) is 48.7 Å². The maximum absolute atomic E-state index is 12.8. The van der Waals surface area contributed by atoms with Crippen LogP contribution in [0.5, 0.6) is 5.75 Å². The first-order chi connectivity index (χ1) is 12.2. The van der Waals surface area contributed by atoms with Crippen molar-refractivity contribution in [2.45, 2.75) is 19.4 Å². The molecule has 0 spiro atoms. The molecule has 3 aromatic rings.